The fraction of sp³-hybridized carbons (Fsp3) is 0.222. The molecule has 130 valence electrons. The molecular weight excluding hydrogens is 327 g/mol. The highest BCUT2D eigenvalue weighted by Gasteiger charge is 2.34. The summed E-state index contributed by atoms with van der Waals surface area (Å²) in [7, 11) is 0. The van der Waals surface area contributed by atoms with Crippen LogP contribution >= 0.6 is 0 Å². The Morgan fingerprint density at radius 1 is 1.24 bits per heavy atom. The van der Waals surface area contributed by atoms with Crippen LogP contribution in [0.4, 0.5) is 9.18 Å². The van der Waals surface area contributed by atoms with Crippen LogP contribution < -0.4 is 10.6 Å². The van der Waals surface area contributed by atoms with Crippen LogP contribution in [0.3, 0.4) is 0 Å². The van der Waals surface area contributed by atoms with Crippen molar-refractivity contribution in [1.29, 1.82) is 0 Å². The number of furan rings is 1. The number of urea groups is 1. The molecule has 2 heterocycles. The molecule has 0 fully saturated rings. The lowest BCUT2D eigenvalue weighted by Gasteiger charge is -2.26. The minimum Gasteiger partial charge on any atom is -0.463 e. The molecule has 0 radical (unpaired) electrons. The molecule has 0 saturated heterocycles. The Labute approximate surface area is 143 Å². The number of hydrogen-bond donors (Lipinski definition) is 2. The molecule has 2 amide bonds. The molecule has 1 aromatic carbocycles. The molecule has 0 saturated carbocycles. The number of carbonyl (C=O) groups is 2. The largest absolute Gasteiger partial charge is 0.463 e. The van der Waals surface area contributed by atoms with Gasteiger partial charge in [-0.3, -0.25) is 0 Å². The molecule has 1 aromatic heterocycles. The zero-order valence-corrected chi connectivity index (χ0v) is 13.8. The standard InChI is InChI=1S/C18H17FN2O4/c1-3-24-17(22)15-10(2)20-18(23)21-16(15)14-9-8-13(25-14)11-4-6-12(19)7-5-11/h4-9,16H,3H2,1-2H3,(H2,20,21,23)/t16-/m0/s1. The number of benzene rings is 1. The normalized spacial score (nSPS) is 17.1. The van der Waals surface area contributed by atoms with Crippen molar-refractivity contribution in [3.05, 3.63) is 59.2 Å². The minimum absolute atomic E-state index is 0.218. The van der Waals surface area contributed by atoms with Crippen molar-refractivity contribution >= 4 is 12.0 Å². The van der Waals surface area contributed by atoms with Gasteiger partial charge in [0.25, 0.3) is 0 Å². The van der Waals surface area contributed by atoms with Gasteiger partial charge in [0.2, 0.25) is 0 Å². The monoisotopic (exact) mass is 344 g/mol. The van der Waals surface area contributed by atoms with Crippen LogP contribution in [0.1, 0.15) is 25.6 Å². The third-order valence-electron chi connectivity index (χ3n) is 3.80. The highest BCUT2D eigenvalue weighted by atomic mass is 19.1. The van der Waals surface area contributed by atoms with Crippen molar-refractivity contribution in [2.24, 2.45) is 0 Å². The van der Waals surface area contributed by atoms with E-state index in [0.717, 1.165) is 0 Å². The Balaban J connectivity index is 1.96. The quantitative estimate of drug-likeness (QED) is 0.834. The van der Waals surface area contributed by atoms with E-state index < -0.39 is 18.0 Å². The summed E-state index contributed by atoms with van der Waals surface area (Å²) in [5.74, 6) is 0.0155. The molecule has 25 heavy (non-hydrogen) atoms. The number of rotatable bonds is 4. The molecule has 0 aliphatic carbocycles. The van der Waals surface area contributed by atoms with Crippen molar-refractivity contribution in [3.8, 4) is 11.3 Å². The second-order valence-electron chi connectivity index (χ2n) is 5.50. The van der Waals surface area contributed by atoms with E-state index in [1.807, 2.05) is 0 Å². The highest BCUT2D eigenvalue weighted by Crippen LogP contribution is 2.32. The summed E-state index contributed by atoms with van der Waals surface area (Å²) < 4.78 is 23.9. The van der Waals surface area contributed by atoms with Gasteiger partial charge in [-0.1, -0.05) is 0 Å². The number of hydrogen-bond acceptors (Lipinski definition) is 4. The zero-order chi connectivity index (χ0) is 18.0. The first-order valence-corrected chi connectivity index (χ1v) is 7.80. The summed E-state index contributed by atoms with van der Waals surface area (Å²) in [5, 5.41) is 5.22. The van der Waals surface area contributed by atoms with E-state index in [9.17, 15) is 14.0 Å². The fourth-order valence-corrected chi connectivity index (χ4v) is 2.66. The SMILES string of the molecule is CCOC(=O)C1=C(C)NC(=O)N[C@H]1c1ccc(-c2ccc(F)cc2)o1. The molecule has 1 aliphatic heterocycles. The summed E-state index contributed by atoms with van der Waals surface area (Å²) >= 11 is 0. The lowest BCUT2D eigenvalue weighted by atomic mass is 10.0. The van der Waals surface area contributed by atoms with Crippen LogP contribution in [-0.2, 0) is 9.53 Å². The molecule has 3 rings (SSSR count). The predicted molar refractivity (Wildman–Crippen MR) is 87.8 cm³/mol. The van der Waals surface area contributed by atoms with Gasteiger partial charge in [0.05, 0.1) is 12.2 Å². The second kappa shape index (κ2) is 6.80. The van der Waals surface area contributed by atoms with Gasteiger partial charge in [0, 0.05) is 11.3 Å². The Morgan fingerprint density at radius 2 is 1.96 bits per heavy atom. The van der Waals surface area contributed by atoms with Crippen molar-refractivity contribution in [1.82, 2.24) is 10.6 Å². The first kappa shape index (κ1) is 16.8. The number of halogens is 1. The van der Waals surface area contributed by atoms with Gasteiger partial charge in [-0.25, -0.2) is 14.0 Å². The van der Waals surface area contributed by atoms with Crippen LogP contribution in [-0.4, -0.2) is 18.6 Å². The molecule has 0 unspecified atom stereocenters. The van der Waals surface area contributed by atoms with E-state index in [4.69, 9.17) is 9.15 Å². The van der Waals surface area contributed by atoms with E-state index >= 15 is 0 Å². The van der Waals surface area contributed by atoms with E-state index in [1.165, 1.54) is 12.1 Å². The van der Waals surface area contributed by atoms with Crippen molar-refractivity contribution in [2.75, 3.05) is 6.61 Å². The number of esters is 1. The Hall–Kier alpha value is -3.09. The highest BCUT2D eigenvalue weighted by molar-refractivity contribution is 5.94. The van der Waals surface area contributed by atoms with Crippen LogP contribution in [0.5, 0.6) is 0 Å². The van der Waals surface area contributed by atoms with Crippen LogP contribution in [0.25, 0.3) is 11.3 Å². The Morgan fingerprint density at radius 3 is 2.64 bits per heavy atom. The molecular formula is C18H17FN2O4. The van der Waals surface area contributed by atoms with Gasteiger partial charge in [-0.05, 0) is 50.2 Å². The number of amides is 2. The number of carbonyl (C=O) groups excluding carboxylic acids is 2. The summed E-state index contributed by atoms with van der Waals surface area (Å²) in [4.78, 5) is 24.1. The van der Waals surface area contributed by atoms with Crippen molar-refractivity contribution in [3.63, 3.8) is 0 Å². The van der Waals surface area contributed by atoms with Crippen molar-refractivity contribution in [2.45, 2.75) is 19.9 Å². The van der Waals surface area contributed by atoms with Gasteiger partial charge in [0.1, 0.15) is 23.4 Å². The third kappa shape index (κ3) is 3.40. The molecule has 0 bridgehead atoms. The summed E-state index contributed by atoms with van der Waals surface area (Å²) in [6.07, 6.45) is 0. The van der Waals surface area contributed by atoms with Crippen LogP contribution in [0, 0.1) is 5.82 Å². The van der Waals surface area contributed by atoms with E-state index in [1.54, 1.807) is 38.1 Å². The number of ether oxygens (including phenoxy) is 1. The van der Waals surface area contributed by atoms with Gasteiger partial charge in [-0.15, -0.1) is 0 Å². The maximum absolute atomic E-state index is 13.1. The average Bonchev–Trinajstić information content (AvgIpc) is 3.04. The maximum Gasteiger partial charge on any atom is 0.338 e. The third-order valence-corrected chi connectivity index (χ3v) is 3.80. The van der Waals surface area contributed by atoms with Crippen molar-refractivity contribution < 1.29 is 23.1 Å². The summed E-state index contributed by atoms with van der Waals surface area (Å²) in [5.41, 5.74) is 1.37. The molecule has 2 aromatic rings. The smallest absolute Gasteiger partial charge is 0.338 e. The molecule has 7 heteroatoms. The van der Waals surface area contributed by atoms with E-state index in [-0.39, 0.29) is 18.0 Å². The summed E-state index contributed by atoms with van der Waals surface area (Å²) in [6, 6.07) is 8.02. The topological polar surface area (TPSA) is 80.6 Å². The van der Waals surface area contributed by atoms with Gasteiger partial charge >= 0.3 is 12.0 Å². The number of allylic oxidation sites excluding steroid dienone is 1. The average molecular weight is 344 g/mol. The minimum atomic E-state index is -0.762. The maximum atomic E-state index is 13.1. The van der Waals surface area contributed by atoms with Crippen LogP contribution in [0.2, 0.25) is 0 Å². The molecule has 2 N–H and O–H groups in total. The zero-order valence-electron chi connectivity index (χ0n) is 13.8. The summed E-state index contributed by atoms with van der Waals surface area (Å²) in [6.45, 7) is 3.55. The fourth-order valence-electron chi connectivity index (χ4n) is 2.66. The second-order valence-corrected chi connectivity index (χ2v) is 5.50. The lowest BCUT2D eigenvalue weighted by Crippen LogP contribution is -2.45. The van der Waals surface area contributed by atoms with Crippen LogP contribution in [0.15, 0.2) is 52.1 Å². The van der Waals surface area contributed by atoms with E-state index in [0.29, 0.717) is 22.8 Å². The van der Waals surface area contributed by atoms with Gasteiger partial charge in [-0.2, -0.15) is 0 Å². The molecule has 1 atom stereocenters. The van der Waals surface area contributed by atoms with E-state index in [2.05, 4.69) is 10.6 Å². The van der Waals surface area contributed by atoms with Gasteiger partial charge in [0.15, 0.2) is 0 Å². The predicted octanol–water partition coefficient (Wildman–Crippen LogP) is 3.28. The lowest BCUT2D eigenvalue weighted by molar-refractivity contribution is -0.139. The molecule has 1 aliphatic rings. The first-order chi connectivity index (χ1) is 12.0. The number of nitrogens with one attached hydrogen (secondary N) is 2. The van der Waals surface area contributed by atoms with Gasteiger partial charge < -0.3 is 19.8 Å². The Bertz CT molecular complexity index is 839. The first-order valence-electron chi connectivity index (χ1n) is 7.80. The molecule has 6 nitrogen and oxygen atoms in total. The Kier molecular flexibility index (Phi) is 4.56. The molecule has 0 spiro atoms.